The fourth-order valence-electron chi connectivity index (χ4n) is 2.05. The van der Waals surface area contributed by atoms with Crippen LogP contribution in [0.5, 0.6) is 0 Å². The predicted molar refractivity (Wildman–Crippen MR) is 63.3 cm³/mol. The number of imidazole rings is 1. The minimum Gasteiger partial charge on any atom is -0.503 e. The standard InChI is InChI=1S/C12H17N3O2/c1-9-10(2)15(12(17)11(9)16)6-3-5-14-7-4-13-8-14/h4,7-8,10,16H,3,5-6H2,1-2H3. The minimum atomic E-state index is -0.249. The highest BCUT2D eigenvalue weighted by Crippen LogP contribution is 2.23. The second-order valence-electron chi connectivity index (χ2n) is 4.36. The highest BCUT2D eigenvalue weighted by atomic mass is 16.3. The molecule has 17 heavy (non-hydrogen) atoms. The van der Waals surface area contributed by atoms with Crippen molar-refractivity contribution in [3.8, 4) is 0 Å². The van der Waals surface area contributed by atoms with Gasteiger partial charge in [-0.2, -0.15) is 0 Å². The number of aryl methyl sites for hydroxylation is 1. The highest BCUT2D eigenvalue weighted by molar-refractivity contribution is 5.95. The molecule has 0 saturated carbocycles. The molecule has 1 amide bonds. The molecule has 1 aromatic rings. The smallest absolute Gasteiger partial charge is 0.289 e. The van der Waals surface area contributed by atoms with Gasteiger partial charge in [0.2, 0.25) is 0 Å². The minimum absolute atomic E-state index is 0.00490. The lowest BCUT2D eigenvalue weighted by Crippen LogP contribution is -2.34. The van der Waals surface area contributed by atoms with E-state index in [0.29, 0.717) is 6.54 Å². The van der Waals surface area contributed by atoms with Gasteiger partial charge in [-0.1, -0.05) is 0 Å². The number of amides is 1. The first-order chi connectivity index (χ1) is 8.11. The fraction of sp³-hybridized carbons (Fsp3) is 0.500. The highest BCUT2D eigenvalue weighted by Gasteiger charge is 2.33. The molecule has 1 unspecified atom stereocenters. The van der Waals surface area contributed by atoms with Crippen LogP contribution in [0.1, 0.15) is 20.3 Å². The molecule has 5 nitrogen and oxygen atoms in total. The molecule has 0 aromatic carbocycles. The molecule has 1 aliphatic rings. The van der Waals surface area contributed by atoms with Crippen molar-refractivity contribution >= 4 is 5.91 Å². The predicted octanol–water partition coefficient (Wildman–Crippen LogP) is 1.34. The van der Waals surface area contributed by atoms with Crippen LogP contribution in [0.3, 0.4) is 0 Å². The molecule has 1 atom stereocenters. The van der Waals surface area contributed by atoms with Crippen LogP contribution in [0.4, 0.5) is 0 Å². The van der Waals surface area contributed by atoms with Crippen LogP contribution in [0.15, 0.2) is 30.1 Å². The first kappa shape index (κ1) is 11.7. The van der Waals surface area contributed by atoms with Crippen LogP contribution in [0.2, 0.25) is 0 Å². The number of hydrogen-bond acceptors (Lipinski definition) is 3. The number of rotatable bonds is 4. The Morgan fingerprint density at radius 2 is 2.24 bits per heavy atom. The first-order valence-corrected chi connectivity index (χ1v) is 5.77. The normalized spacial score (nSPS) is 20.5. The summed E-state index contributed by atoms with van der Waals surface area (Å²) < 4.78 is 1.98. The zero-order valence-electron chi connectivity index (χ0n) is 10.1. The second-order valence-corrected chi connectivity index (χ2v) is 4.36. The van der Waals surface area contributed by atoms with Gasteiger partial charge in [0.25, 0.3) is 5.91 Å². The summed E-state index contributed by atoms with van der Waals surface area (Å²) in [6.45, 7) is 5.22. The second kappa shape index (κ2) is 4.61. The summed E-state index contributed by atoms with van der Waals surface area (Å²) in [5.41, 5.74) is 0.762. The quantitative estimate of drug-likeness (QED) is 0.856. The molecule has 0 fully saturated rings. The molecule has 5 heteroatoms. The third-order valence-electron chi connectivity index (χ3n) is 3.31. The maximum atomic E-state index is 11.7. The van der Waals surface area contributed by atoms with Crippen molar-refractivity contribution < 1.29 is 9.90 Å². The largest absolute Gasteiger partial charge is 0.503 e. The van der Waals surface area contributed by atoms with Crippen LogP contribution in [0.25, 0.3) is 0 Å². The van der Waals surface area contributed by atoms with Crippen molar-refractivity contribution in [2.75, 3.05) is 6.54 Å². The van der Waals surface area contributed by atoms with Gasteiger partial charge in [0, 0.05) is 25.5 Å². The Morgan fingerprint density at radius 1 is 1.47 bits per heavy atom. The van der Waals surface area contributed by atoms with Gasteiger partial charge in [0.1, 0.15) is 0 Å². The number of nitrogens with zero attached hydrogens (tertiary/aromatic N) is 3. The monoisotopic (exact) mass is 235 g/mol. The number of carbonyl (C=O) groups excluding carboxylic acids is 1. The van der Waals surface area contributed by atoms with Gasteiger partial charge in [-0.3, -0.25) is 4.79 Å². The molecule has 92 valence electrons. The van der Waals surface area contributed by atoms with Crippen LogP contribution in [-0.2, 0) is 11.3 Å². The van der Waals surface area contributed by atoms with Gasteiger partial charge < -0.3 is 14.6 Å². The molecular formula is C12H17N3O2. The third kappa shape index (κ3) is 2.18. The van der Waals surface area contributed by atoms with E-state index in [9.17, 15) is 9.90 Å². The molecule has 0 aliphatic carbocycles. The first-order valence-electron chi connectivity index (χ1n) is 5.77. The van der Waals surface area contributed by atoms with Crippen LogP contribution in [0, 0.1) is 0 Å². The Bertz CT molecular complexity index is 437. The summed E-state index contributed by atoms with van der Waals surface area (Å²) in [5.74, 6) is -0.333. The van der Waals surface area contributed by atoms with E-state index in [1.54, 1.807) is 24.3 Å². The van der Waals surface area contributed by atoms with Gasteiger partial charge >= 0.3 is 0 Å². The SMILES string of the molecule is CC1=C(O)C(=O)N(CCCn2ccnc2)C1C. The van der Waals surface area contributed by atoms with E-state index in [1.165, 1.54) is 0 Å². The van der Waals surface area contributed by atoms with E-state index in [-0.39, 0.29) is 17.7 Å². The lowest BCUT2D eigenvalue weighted by Gasteiger charge is -2.22. The van der Waals surface area contributed by atoms with Gasteiger partial charge in [-0.25, -0.2) is 4.98 Å². The van der Waals surface area contributed by atoms with Crippen molar-refractivity contribution in [1.82, 2.24) is 14.5 Å². The molecular weight excluding hydrogens is 218 g/mol. The average Bonchev–Trinajstić information content (AvgIpc) is 2.89. The van der Waals surface area contributed by atoms with E-state index >= 15 is 0 Å². The topological polar surface area (TPSA) is 58.4 Å². The van der Waals surface area contributed by atoms with Crippen LogP contribution >= 0.6 is 0 Å². The van der Waals surface area contributed by atoms with Gasteiger partial charge in [-0.15, -0.1) is 0 Å². The van der Waals surface area contributed by atoms with Gasteiger partial charge in [0.15, 0.2) is 5.76 Å². The summed E-state index contributed by atoms with van der Waals surface area (Å²) in [5, 5.41) is 9.56. The summed E-state index contributed by atoms with van der Waals surface area (Å²) in [6, 6.07) is 0.00490. The van der Waals surface area contributed by atoms with E-state index in [1.807, 2.05) is 17.7 Å². The Labute approximate surface area is 100 Å². The lowest BCUT2D eigenvalue weighted by atomic mass is 10.2. The van der Waals surface area contributed by atoms with Crippen LogP contribution in [-0.4, -0.2) is 38.1 Å². The molecule has 1 aromatic heterocycles. The van der Waals surface area contributed by atoms with E-state index in [0.717, 1.165) is 18.5 Å². The maximum Gasteiger partial charge on any atom is 0.289 e. The fourth-order valence-corrected chi connectivity index (χ4v) is 2.05. The van der Waals surface area contributed by atoms with E-state index in [4.69, 9.17) is 0 Å². The molecule has 0 bridgehead atoms. The van der Waals surface area contributed by atoms with Crippen LogP contribution < -0.4 is 0 Å². The Kier molecular flexibility index (Phi) is 3.17. The van der Waals surface area contributed by atoms with Crippen molar-refractivity contribution in [2.24, 2.45) is 0 Å². The average molecular weight is 235 g/mol. The zero-order chi connectivity index (χ0) is 12.4. The van der Waals surface area contributed by atoms with Gasteiger partial charge in [-0.05, 0) is 25.8 Å². The van der Waals surface area contributed by atoms with Crippen molar-refractivity contribution in [3.05, 3.63) is 30.1 Å². The number of aliphatic hydroxyl groups excluding tert-OH is 1. The number of carbonyl (C=O) groups is 1. The molecule has 1 N–H and O–H groups in total. The molecule has 1 aliphatic heterocycles. The van der Waals surface area contributed by atoms with E-state index in [2.05, 4.69) is 4.98 Å². The maximum absolute atomic E-state index is 11.7. The zero-order valence-corrected chi connectivity index (χ0v) is 10.1. The Morgan fingerprint density at radius 3 is 2.76 bits per heavy atom. The van der Waals surface area contributed by atoms with Crippen molar-refractivity contribution in [2.45, 2.75) is 32.9 Å². The number of hydrogen-bond donors (Lipinski definition) is 1. The third-order valence-corrected chi connectivity index (χ3v) is 3.31. The number of aromatic nitrogens is 2. The Balaban J connectivity index is 1.87. The van der Waals surface area contributed by atoms with Crippen molar-refractivity contribution in [3.63, 3.8) is 0 Å². The summed E-state index contributed by atoms with van der Waals surface area (Å²) >= 11 is 0. The summed E-state index contributed by atoms with van der Waals surface area (Å²) in [7, 11) is 0. The lowest BCUT2D eigenvalue weighted by molar-refractivity contribution is -0.129. The molecule has 2 rings (SSSR count). The molecule has 2 heterocycles. The molecule has 0 radical (unpaired) electrons. The Hall–Kier alpha value is -1.78. The molecule has 0 spiro atoms. The van der Waals surface area contributed by atoms with E-state index < -0.39 is 0 Å². The molecule has 0 saturated heterocycles. The summed E-state index contributed by atoms with van der Waals surface area (Å²) in [4.78, 5) is 17.4. The van der Waals surface area contributed by atoms with Crippen molar-refractivity contribution in [1.29, 1.82) is 0 Å². The van der Waals surface area contributed by atoms with Gasteiger partial charge in [0.05, 0.1) is 12.4 Å². The number of aliphatic hydroxyl groups is 1. The summed E-state index contributed by atoms with van der Waals surface area (Å²) in [6.07, 6.45) is 6.25.